The molecule has 1 saturated heterocycles. The Morgan fingerprint density at radius 3 is 2.85 bits per heavy atom. The molecule has 0 radical (unpaired) electrons. The van der Waals surface area contributed by atoms with Gasteiger partial charge >= 0.3 is 0 Å². The van der Waals surface area contributed by atoms with Crippen LogP contribution in [0, 0.1) is 11.7 Å². The normalized spacial score (nSPS) is 23.3. The first-order valence-electron chi connectivity index (χ1n) is 9.20. The summed E-state index contributed by atoms with van der Waals surface area (Å²) >= 11 is 0. The fraction of sp³-hybridized carbons (Fsp3) is 0.429. The van der Waals surface area contributed by atoms with Gasteiger partial charge in [-0.1, -0.05) is 30.3 Å². The second-order valence-electron chi connectivity index (χ2n) is 7.15. The summed E-state index contributed by atoms with van der Waals surface area (Å²) < 4.78 is 26.0. The first kappa shape index (κ1) is 17.5. The van der Waals surface area contributed by atoms with E-state index in [0.29, 0.717) is 19.1 Å². The highest BCUT2D eigenvalue weighted by Crippen LogP contribution is 2.37. The van der Waals surface area contributed by atoms with Gasteiger partial charge in [-0.25, -0.2) is 4.39 Å². The number of aliphatic hydroxyl groups is 1. The van der Waals surface area contributed by atoms with E-state index in [9.17, 15) is 9.50 Å². The highest BCUT2D eigenvalue weighted by molar-refractivity contribution is 5.43. The molecule has 0 bridgehead atoms. The quantitative estimate of drug-likeness (QED) is 0.907. The molecule has 0 amide bonds. The van der Waals surface area contributed by atoms with Gasteiger partial charge in [-0.3, -0.25) is 4.90 Å². The standard InChI is InChI=1S/C21H24FNO3/c22-19-9-17(12-23-8-4-5-15(11-23)13-24)20-18(10-19)14-25-21(26-20)16-6-2-1-3-7-16/h1-3,6-7,9-10,15,21,24H,4-5,8,11-14H2/t15-,21+/m0/s1. The van der Waals surface area contributed by atoms with Crippen molar-refractivity contribution in [3.05, 3.63) is 65.0 Å². The van der Waals surface area contributed by atoms with Crippen LogP contribution in [0.5, 0.6) is 5.75 Å². The minimum atomic E-state index is -0.473. The van der Waals surface area contributed by atoms with Gasteiger partial charge in [-0.15, -0.1) is 0 Å². The molecule has 26 heavy (non-hydrogen) atoms. The SMILES string of the molecule is OC[C@H]1CCCN(Cc2cc(F)cc3c2O[C@H](c2ccccc2)OC3)C1. The molecule has 2 atom stereocenters. The van der Waals surface area contributed by atoms with Gasteiger partial charge in [-0.2, -0.15) is 0 Å². The fourth-order valence-corrected chi connectivity index (χ4v) is 3.85. The van der Waals surface area contributed by atoms with Crippen molar-refractivity contribution in [2.45, 2.75) is 32.3 Å². The zero-order valence-electron chi connectivity index (χ0n) is 14.7. The zero-order valence-corrected chi connectivity index (χ0v) is 14.7. The third-order valence-electron chi connectivity index (χ3n) is 5.15. The number of piperidine rings is 1. The molecule has 4 nitrogen and oxygen atoms in total. The highest BCUT2D eigenvalue weighted by atomic mass is 19.1. The lowest BCUT2D eigenvalue weighted by molar-refractivity contribution is -0.112. The third kappa shape index (κ3) is 3.75. The lowest BCUT2D eigenvalue weighted by Gasteiger charge is -2.34. The van der Waals surface area contributed by atoms with Crippen LogP contribution in [0.2, 0.25) is 0 Å². The number of fused-ring (bicyclic) bond motifs is 1. The molecule has 2 aliphatic heterocycles. The minimum absolute atomic E-state index is 0.207. The van der Waals surface area contributed by atoms with E-state index in [1.807, 2.05) is 30.3 Å². The summed E-state index contributed by atoms with van der Waals surface area (Å²) in [5.41, 5.74) is 2.55. The first-order chi connectivity index (χ1) is 12.7. The summed E-state index contributed by atoms with van der Waals surface area (Å²) in [6, 6.07) is 12.8. The van der Waals surface area contributed by atoms with Crippen LogP contribution in [-0.2, 0) is 17.9 Å². The van der Waals surface area contributed by atoms with E-state index in [4.69, 9.17) is 9.47 Å². The summed E-state index contributed by atoms with van der Waals surface area (Å²) in [6.07, 6.45) is 1.63. The molecule has 0 aliphatic carbocycles. The van der Waals surface area contributed by atoms with Crippen LogP contribution in [0.25, 0.3) is 0 Å². The van der Waals surface area contributed by atoms with Crippen LogP contribution in [0.4, 0.5) is 4.39 Å². The van der Waals surface area contributed by atoms with Gasteiger partial charge in [-0.05, 0) is 37.4 Å². The molecule has 1 N–H and O–H groups in total. The summed E-state index contributed by atoms with van der Waals surface area (Å²) in [7, 11) is 0. The number of rotatable bonds is 4. The molecular weight excluding hydrogens is 333 g/mol. The summed E-state index contributed by atoms with van der Waals surface area (Å²) in [4.78, 5) is 2.27. The van der Waals surface area contributed by atoms with Crippen molar-refractivity contribution in [2.24, 2.45) is 5.92 Å². The van der Waals surface area contributed by atoms with E-state index in [1.54, 1.807) is 6.07 Å². The topological polar surface area (TPSA) is 41.9 Å². The second kappa shape index (κ2) is 7.74. The predicted octanol–water partition coefficient (Wildman–Crippen LogP) is 3.64. The van der Waals surface area contributed by atoms with E-state index in [2.05, 4.69) is 4.90 Å². The first-order valence-corrected chi connectivity index (χ1v) is 9.20. The molecule has 0 spiro atoms. The molecule has 2 aromatic carbocycles. The van der Waals surface area contributed by atoms with Gasteiger partial charge in [0.2, 0.25) is 6.29 Å². The largest absolute Gasteiger partial charge is 0.460 e. The number of hydrogen-bond acceptors (Lipinski definition) is 4. The molecule has 5 heteroatoms. The Balaban J connectivity index is 1.57. The van der Waals surface area contributed by atoms with E-state index in [1.165, 1.54) is 6.07 Å². The number of hydrogen-bond donors (Lipinski definition) is 1. The zero-order chi connectivity index (χ0) is 17.9. The summed E-state index contributed by atoms with van der Waals surface area (Å²) in [6.45, 7) is 2.95. The van der Waals surface area contributed by atoms with Crippen LogP contribution in [0.3, 0.4) is 0 Å². The Bertz CT molecular complexity index is 752. The van der Waals surface area contributed by atoms with Crippen molar-refractivity contribution in [3.8, 4) is 5.75 Å². The maximum atomic E-state index is 14.1. The maximum Gasteiger partial charge on any atom is 0.227 e. The van der Waals surface area contributed by atoms with Gasteiger partial charge < -0.3 is 14.6 Å². The van der Waals surface area contributed by atoms with Gasteiger partial charge in [0.15, 0.2) is 0 Å². The Morgan fingerprint density at radius 1 is 1.19 bits per heavy atom. The monoisotopic (exact) mass is 357 g/mol. The lowest BCUT2D eigenvalue weighted by Crippen LogP contribution is -2.36. The number of aliphatic hydroxyl groups excluding tert-OH is 1. The summed E-state index contributed by atoms with van der Waals surface area (Å²) in [5.74, 6) is 0.770. The number of ether oxygens (including phenoxy) is 2. The molecule has 2 aromatic rings. The molecule has 2 heterocycles. The Hall–Kier alpha value is -1.95. The Morgan fingerprint density at radius 2 is 2.04 bits per heavy atom. The van der Waals surface area contributed by atoms with E-state index >= 15 is 0 Å². The second-order valence-corrected chi connectivity index (χ2v) is 7.15. The van der Waals surface area contributed by atoms with Crippen LogP contribution >= 0.6 is 0 Å². The number of nitrogens with zero attached hydrogens (tertiary/aromatic N) is 1. The molecule has 2 aliphatic rings. The molecule has 0 aromatic heterocycles. The van der Waals surface area contributed by atoms with Crippen molar-refractivity contribution >= 4 is 0 Å². The molecule has 1 fully saturated rings. The van der Waals surface area contributed by atoms with Gasteiger partial charge in [0.25, 0.3) is 0 Å². The van der Waals surface area contributed by atoms with Crippen LogP contribution in [0.15, 0.2) is 42.5 Å². The highest BCUT2D eigenvalue weighted by Gasteiger charge is 2.27. The van der Waals surface area contributed by atoms with Gasteiger partial charge in [0.05, 0.1) is 6.61 Å². The van der Waals surface area contributed by atoms with E-state index in [-0.39, 0.29) is 12.4 Å². The molecule has 4 rings (SSSR count). The number of halogens is 1. The average molecular weight is 357 g/mol. The lowest BCUT2D eigenvalue weighted by atomic mass is 9.98. The number of benzene rings is 2. The third-order valence-corrected chi connectivity index (χ3v) is 5.15. The van der Waals surface area contributed by atoms with Crippen molar-refractivity contribution < 1.29 is 19.0 Å². The average Bonchev–Trinajstić information content (AvgIpc) is 2.68. The van der Waals surface area contributed by atoms with Gasteiger partial charge in [0, 0.05) is 36.4 Å². The molecule has 0 saturated carbocycles. The van der Waals surface area contributed by atoms with Gasteiger partial charge in [0.1, 0.15) is 11.6 Å². The Labute approximate surface area is 153 Å². The van der Waals surface area contributed by atoms with E-state index in [0.717, 1.165) is 48.4 Å². The fourth-order valence-electron chi connectivity index (χ4n) is 3.85. The van der Waals surface area contributed by atoms with E-state index < -0.39 is 6.29 Å². The maximum absolute atomic E-state index is 14.1. The van der Waals surface area contributed by atoms with Crippen LogP contribution < -0.4 is 4.74 Å². The summed E-state index contributed by atoms with van der Waals surface area (Å²) in [5, 5.41) is 9.44. The van der Waals surface area contributed by atoms with Crippen LogP contribution in [-0.4, -0.2) is 29.7 Å². The molecular formula is C21H24FNO3. The molecule has 0 unspecified atom stereocenters. The molecule has 138 valence electrons. The van der Waals surface area contributed by atoms with Crippen molar-refractivity contribution in [1.82, 2.24) is 4.90 Å². The minimum Gasteiger partial charge on any atom is -0.460 e. The smallest absolute Gasteiger partial charge is 0.227 e. The van der Waals surface area contributed by atoms with Crippen molar-refractivity contribution in [3.63, 3.8) is 0 Å². The predicted molar refractivity (Wildman–Crippen MR) is 96.1 cm³/mol. The van der Waals surface area contributed by atoms with Crippen LogP contribution in [0.1, 0.15) is 35.8 Å². The number of likely N-dealkylation sites (tertiary alicyclic amines) is 1. The Kier molecular flexibility index (Phi) is 5.20. The van der Waals surface area contributed by atoms with Crippen molar-refractivity contribution in [1.29, 1.82) is 0 Å². The van der Waals surface area contributed by atoms with Crippen molar-refractivity contribution in [2.75, 3.05) is 19.7 Å².